The lowest BCUT2D eigenvalue weighted by atomic mass is 10.2. The van der Waals surface area contributed by atoms with E-state index < -0.39 is 16.0 Å². The van der Waals surface area contributed by atoms with Gasteiger partial charge in [-0.05, 0) is 19.1 Å². The van der Waals surface area contributed by atoms with Crippen molar-refractivity contribution >= 4 is 16.0 Å². The number of aryl methyl sites for hydroxylation is 2. The van der Waals surface area contributed by atoms with Crippen molar-refractivity contribution in [1.82, 2.24) is 24.4 Å². The van der Waals surface area contributed by atoms with Crippen LogP contribution < -0.4 is 9.46 Å². The molecule has 11 nitrogen and oxygen atoms in total. The first kappa shape index (κ1) is 21.5. The number of carbonyl (C=O) groups is 1. The number of hydrogen-bond donors (Lipinski definition) is 1. The van der Waals surface area contributed by atoms with Crippen molar-refractivity contribution in [2.45, 2.75) is 25.0 Å². The average molecular weight is 435 g/mol. The Kier molecular flexibility index (Phi) is 6.47. The van der Waals surface area contributed by atoms with Crippen molar-refractivity contribution < 1.29 is 27.2 Å². The molecule has 0 bridgehead atoms. The van der Waals surface area contributed by atoms with Gasteiger partial charge in [0.25, 0.3) is 15.9 Å². The molecule has 1 aromatic carbocycles. The number of methoxy groups -OCH3 is 1. The molecule has 2 heterocycles. The minimum absolute atomic E-state index is 0.105. The maximum Gasteiger partial charge on any atom is 0.307 e. The van der Waals surface area contributed by atoms with Crippen molar-refractivity contribution in [2.24, 2.45) is 7.05 Å². The molecular weight excluding hydrogens is 414 g/mol. The molecule has 2 aromatic heterocycles. The van der Waals surface area contributed by atoms with E-state index in [1.807, 2.05) is 0 Å². The van der Waals surface area contributed by atoms with Gasteiger partial charge in [0, 0.05) is 25.4 Å². The Morgan fingerprint density at radius 3 is 2.80 bits per heavy atom. The van der Waals surface area contributed by atoms with Gasteiger partial charge in [0.15, 0.2) is 11.6 Å². The fourth-order valence-electron chi connectivity index (χ4n) is 2.42. The minimum Gasteiger partial charge on any atom is -0.497 e. The predicted molar refractivity (Wildman–Crippen MR) is 104 cm³/mol. The summed E-state index contributed by atoms with van der Waals surface area (Å²) < 4.78 is 43.5. The quantitative estimate of drug-likeness (QED) is 0.491. The molecule has 0 saturated carbocycles. The van der Waals surface area contributed by atoms with Gasteiger partial charge in [0.2, 0.25) is 5.82 Å². The summed E-state index contributed by atoms with van der Waals surface area (Å²) in [5.74, 6) is 1.04. The summed E-state index contributed by atoms with van der Waals surface area (Å²) in [6.45, 7) is 1.34. The zero-order valence-electron chi connectivity index (χ0n) is 16.7. The average Bonchev–Trinajstić information content (AvgIpc) is 3.33. The highest BCUT2D eigenvalue weighted by Crippen LogP contribution is 2.21. The van der Waals surface area contributed by atoms with Crippen molar-refractivity contribution in [2.75, 3.05) is 13.7 Å². The largest absolute Gasteiger partial charge is 0.497 e. The zero-order chi connectivity index (χ0) is 21.7. The number of sulfonamides is 1. The maximum atomic E-state index is 12.2. The Hall–Kier alpha value is -3.25. The molecular formula is C18H21N5O6S. The zero-order valence-corrected chi connectivity index (χ0v) is 17.5. The smallest absolute Gasteiger partial charge is 0.307 e. The lowest BCUT2D eigenvalue weighted by Crippen LogP contribution is -2.27. The lowest BCUT2D eigenvalue weighted by molar-refractivity contribution is -0.145. The third-order valence-corrected chi connectivity index (χ3v) is 5.47. The molecule has 0 amide bonds. The van der Waals surface area contributed by atoms with Gasteiger partial charge in [0.05, 0.1) is 13.5 Å². The number of benzene rings is 1. The molecule has 0 unspecified atom stereocenters. The second-order valence-corrected chi connectivity index (χ2v) is 8.00. The van der Waals surface area contributed by atoms with E-state index in [4.69, 9.17) is 14.0 Å². The number of carbonyl (C=O) groups excluding carboxylic acids is 1. The van der Waals surface area contributed by atoms with E-state index in [0.717, 1.165) is 0 Å². The van der Waals surface area contributed by atoms with Gasteiger partial charge in [-0.15, -0.1) is 0 Å². The molecule has 0 aliphatic heterocycles. The summed E-state index contributed by atoms with van der Waals surface area (Å²) in [4.78, 5) is 20.0. The number of aromatic nitrogens is 4. The number of rotatable bonds is 9. The Labute approximate surface area is 173 Å². The van der Waals surface area contributed by atoms with E-state index >= 15 is 0 Å². The molecule has 0 aliphatic rings. The number of esters is 1. The topological polar surface area (TPSA) is 138 Å². The summed E-state index contributed by atoms with van der Waals surface area (Å²) in [5, 5.41) is 3.74. The van der Waals surface area contributed by atoms with Crippen molar-refractivity contribution in [3.05, 3.63) is 42.2 Å². The standard InChI is InChI=1S/C18H21N5O6S/c1-12-20-16(10-23(12)2)30(25,26)19-8-7-17(24)28-11-15-21-18(22-29-15)13-5-4-6-14(9-13)27-3/h4-6,9-10,19H,7-8,11H2,1-3H3. The van der Waals surface area contributed by atoms with Crippen LogP contribution in [0.3, 0.4) is 0 Å². The van der Waals surface area contributed by atoms with Crippen LogP contribution in [-0.4, -0.2) is 47.7 Å². The van der Waals surface area contributed by atoms with Gasteiger partial charge in [-0.3, -0.25) is 4.79 Å². The molecule has 0 radical (unpaired) electrons. The second-order valence-electron chi connectivity index (χ2n) is 6.29. The van der Waals surface area contributed by atoms with Crippen molar-refractivity contribution in [1.29, 1.82) is 0 Å². The van der Waals surface area contributed by atoms with Gasteiger partial charge in [-0.25, -0.2) is 18.1 Å². The third kappa shape index (κ3) is 5.21. The molecule has 0 atom stereocenters. The summed E-state index contributed by atoms with van der Waals surface area (Å²) in [6, 6.07) is 7.11. The third-order valence-electron chi connectivity index (χ3n) is 4.14. The SMILES string of the molecule is COc1cccc(-c2noc(COC(=O)CCNS(=O)(=O)c3cn(C)c(C)n3)n2)c1. The number of nitrogens with one attached hydrogen (secondary N) is 1. The van der Waals surface area contributed by atoms with Crippen molar-refractivity contribution in [3.63, 3.8) is 0 Å². The Bertz CT molecular complexity index is 1120. The monoisotopic (exact) mass is 435 g/mol. The molecule has 160 valence electrons. The highest BCUT2D eigenvalue weighted by atomic mass is 32.2. The van der Waals surface area contributed by atoms with Gasteiger partial charge >= 0.3 is 5.97 Å². The maximum absolute atomic E-state index is 12.2. The Balaban J connectivity index is 1.47. The molecule has 0 spiro atoms. The number of ether oxygens (including phenoxy) is 2. The fraction of sp³-hybridized carbons (Fsp3) is 0.333. The van der Waals surface area contributed by atoms with E-state index in [2.05, 4.69) is 19.8 Å². The van der Waals surface area contributed by atoms with E-state index in [0.29, 0.717) is 23.0 Å². The van der Waals surface area contributed by atoms with E-state index in [-0.39, 0.29) is 30.5 Å². The van der Waals surface area contributed by atoms with Crippen LogP contribution >= 0.6 is 0 Å². The molecule has 30 heavy (non-hydrogen) atoms. The molecule has 0 aliphatic carbocycles. The van der Waals surface area contributed by atoms with Crippen LogP contribution in [0.5, 0.6) is 5.75 Å². The predicted octanol–water partition coefficient (Wildman–Crippen LogP) is 1.20. The summed E-state index contributed by atoms with van der Waals surface area (Å²) >= 11 is 0. The van der Waals surface area contributed by atoms with Crippen LogP contribution in [-0.2, 0) is 33.2 Å². The highest BCUT2D eigenvalue weighted by molar-refractivity contribution is 7.89. The van der Waals surface area contributed by atoms with Gasteiger partial charge in [-0.2, -0.15) is 4.98 Å². The second kappa shape index (κ2) is 9.05. The number of hydrogen-bond acceptors (Lipinski definition) is 9. The van der Waals surface area contributed by atoms with Crippen molar-refractivity contribution in [3.8, 4) is 17.1 Å². The van der Waals surface area contributed by atoms with Crippen LogP contribution in [0.15, 0.2) is 40.0 Å². The van der Waals surface area contributed by atoms with E-state index in [1.165, 1.54) is 6.20 Å². The van der Waals surface area contributed by atoms with Crippen LogP contribution in [0.2, 0.25) is 0 Å². The first-order valence-corrected chi connectivity index (χ1v) is 10.4. The van der Waals surface area contributed by atoms with E-state index in [1.54, 1.807) is 49.9 Å². The summed E-state index contributed by atoms with van der Waals surface area (Å²) in [7, 11) is -0.555. The first-order valence-electron chi connectivity index (χ1n) is 8.91. The molecule has 3 rings (SSSR count). The molecule has 3 aromatic rings. The molecule has 12 heteroatoms. The van der Waals surface area contributed by atoms with Crippen LogP contribution in [0, 0.1) is 6.92 Å². The van der Waals surface area contributed by atoms with E-state index in [9.17, 15) is 13.2 Å². The Morgan fingerprint density at radius 2 is 2.10 bits per heavy atom. The van der Waals surface area contributed by atoms with Crippen LogP contribution in [0.25, 0.3) is 11.4 Å². The van der Waals surface area contributed by atoms with Gasteiger partial charge < -0.3 is 18.6 Å². The van der Waals surface area contributed by atoms with Gasteiger partial charge in [0.1, 0.15) is 11.6 Å². The van der Waals surface area contributed by atoms with Crippen LogP contribution in [0.1, 0.15) is 18.1 Å². The molecule has 0 fully saturated rings. The normalized spacial score (nSPS) is 11.4. The fourth-order valence-corrected chi connectivity index (χ4v) is 3.49. The lowest BCUT2D eigenvalue weighted by Gasteiger charge is -2.04. The van der Waals surface area contributed by atoms with Crippen LogP contribution in [0.4, 0.5) is 0 Å². The first-order chi connectivity index (χ1) is 14.3. The Morgan fingerprint density at radius 1 is 1.30 bits per heavy atom. The molecule has 0 saturated heterocycles. The highest BCUT2D eigenvalue weighted by Gasteiger charge is 2.19. The number of nitrogens with zero attached hydrogens (tertiary/aromatic N) is 4. The molecule has 1 N–H and O–H groups in total. The summed E-state index contributed by atoms with van der Waals surface area (Å²) in [6.07, 6.45) is 1.23. The number of imidazole rings is 1. The summed E-state index contributed by atoms with van der Waals surface area (Å²) in [5.41, 5.74) is 0.690. The minimum atomic E-state index is -3.80. The van der Waals surface area contributed by atoms with Gasteiger partial charge in [-0.1, -0.05) is 17.3 Å².